The van der Waals surface area contributed by atoms with Crippen LogP contribution in [-0.4, -0.2) is 59.7 Å². The first kappa shape index (κ1) is 16.8. The van der Waals surface area contributed by atoms with Crippen LogP contribution in [0.4, 0.5) is 0 Å². The predicted molar refractivity (Wildman–Crippen MR) is 81.7 cm³/mol. The van der Waals surface area contributed by atoms with Crippen molar-refractivity contribution in [1.29, 1.82) is 0 Å². The lowest BCUT2D eigenvalue weighted by molar-refractivity contribution is -0.183. The molecule has 2 saturated heterocycles. The van der Waals surface area contributed by atoms with E-state index in [4.69, 9.17) is 18.9 Å². The molecule has 0 unspecified atom stereocenters. The fourth-order valence-electron chi connectivity index (χ4n) is 3.01. The van der Waals surface area contributed by atoms with Gasteiger partial charge in [0, 0.05) is 0 Å². The molecule has 5 atom stereocenters. The lowest BCUT2D eigenvalue weighted by Gasteiger charge is -2.24. The van der Waals surface area contributed by atoms with Crippen molar-refractivity contribution in [2.75, 3.05) is 13.2 Å². The zero-order valence-electron chi connectivity index (χ0n) is 13.4. The number of hydrogen-bond acceptors (Lipinski definition) is 6. The van der Waals surface area contributed by atoms with E-state index in [9.17, 15) is 10.2 Å². The van der Waals surface area contributed by atoms with Crippen LogP contribution in [0.2, 0.25) is 0 Å². The minimum absolute atomic E-state index is 0.0285. The van der Waals surface area contributed by atoms with Crippen molar-refractivity contribution < 1.29 is 29.2 Å². The molecule has 0 aromatic heterocycles. The Morgan fingerprint density at radius 1 is 1.13 bits per heavy atom. The van der Waals surface area contributed by atoms with E-state index in [1.165, 1.54) is 0 Å². The van der Waals surface area contributed by atoms with Crippen LogP contribution in [0.15, 0.2) is 30.3 Å². The van der Waals surface area contributed by atoms with Gasteiger partial charge in [-0.25, -0.2) is 0 Å². The highest BCUT2D eigenvalue weighted by atomic mass is 16.8. The van der Waals surface area contributed by atoms with Gasteiger partial charge in [-0.15, -0.1) is 0 Å². The average Bonchev–Trinajstić information content (AvgIpc) is 2.81. The number of benzene rings is 1. The maximum absolute atomic E-state index is 10.2. The minimum atomic E-state index is -1.04. The maximum Gasteiger partial charge on any atom is 0.164 e. The molecule has 6 nitrogen and oxygen atoms in total. The van der Waals surface area contributed by atoms with Gasteiger partial charge in [0.25, 0.3) is 0 Å². The predicted octanol–water partition coefficient (Wildman–Crippen LogP) is 0.844. The summed E-state index contributed by atoms with van der Waals surface area (Å²) in [6.45, 7) is 4.36. The first-order valence-corrected chi connectivity index (χ1v) is 7.91. The quantitative estimate of drug-likeness (QED) is 0.855. The summed E-state index contributed by atoms with van der Waals surface area (Å²) in [5.74, 6) is -0.825. The fraction of sp³-hybridized carbons (Fsp3) is 0.647. The monoisotopic (exact) mass is 324 g/mol. The molecule has 0 aliphatic carbocycles. The van der Waals surface area contributed by atoms with Crippen LogP contribution in [0.5, 0.6) is 0 Å². The van der Waals surface area contributed by atoms with Crippen LogP contribution in [0, 0.1) is 0 Å². The third kappa shape index (κ3) is 3.91. The van der Waals surface area contributed by atoms with Gasteiger partial charge in [-0.1, -0.05) is 30.3 Å². The van der Waals surface area contributed by atoms with Crippen LogP contribution in [0.25, 0.3) is 0 Å². The molecule has 3 rings (SSSR count). The standard InChI is InChI=1S/C17H24O6/c1-17(2)22-15-13(10-20-8-11-6-4-3-5-7-11)21-9-12(18)14(19)16(15)23-17/h3-7,12-16,18-19H,8-10H2,1-2H3/t12-,13-,14-,15-,16+/m1/s1. The van der Waals surface area contributed by atoms with Crippen molar-refractivity contribution in [1.82, 2.24) is 0 Å². The van der Waals surface area contributed by atoms with E-state index in [-0.39, 0.29) is 6.61 Å². The van der Waals surface area contributed by atoms with Gasteiger partial charge in [-0.3, -0.25) is 0 Å². The molecule has 0 spiro atoms. The molecule has 2 aliphatic heterocycles. The topological polar surface area (TPSA) is 77.4 Å². The SMILES string of the molecule is CC1(C)O[C@H]2[C@H](O)[C@H](O)CO[C@H](COCc3ccccc3)[C@H]2O1. The molecule has 2 N–H and O–H groups in total. The Morgan fingerprint density at radius 3 is 2.57 bits per heavy atom. The first-order chi connectivity index (χ1) is 11.0. The van der Waals surface area contributed by atoms with Gasteiger partial charge < -0.3 is 29.2 Å². The Labute approximate surface area is 135 Å². The highest BCUT2D eigenvalue weighted by Crippen LogP contribution is 2.35. The lowest BCUT2D eigenvalue weighted by Crippen LogP contribution is -2.45. The van der Waals surface area contributed by atoms with E-state index < -0.39 is 36.3 Å². The second-order valence-corrected chi connectivity index (χ2v) is 6.50. The minimum Gasteiger partial charge on any atom is -0.388 e. The number of fused-ring (bicyclic) bond motifs is 1. The number of aliphatic hydroxyl groups excluding tert-OH is 2. The Bertz CT molecular complexity index is 505. The molecule has 0 bridgehead atoms. The largest absolute Gasteiger partial charge is 0.388 e. The van der Waals surface area contributed by atoms with E-state index in [0.717, 1.165) is 5.56 Å². The summed E-state index contributed by atoms with van der Waals surface area (Å²) in [4.78, 5) is 0. The van der Waals surface area contributed by atoms with Gasteiger partial charge in [0.15, 0.2) is 5.79 Å². The van der Waals surface area contributed by atoms with E-state index in [1.54, 1.807) is 13.8 Å². The number of rotatable bonds is 4. The Balaban J connectivity index is 1.63. The van der Waals surface area contributed by atoms with Crippen molar-refractivity contribution in [3.05, 3.63) is 35.9 Å². The van der Waals surface area contributed by atoms with E-state index in [0.29, 0.717) is 13.2 Å². The van der Waals surface area contributed by atoms with Gasteiger partial charge in [-0.05, 0) is 19.4 Å². The van der Waals surface area contributed by atoms with E-state index >= 15 is 0 Å². The van der Waals surface area contributed by atoms with Crippen molar-refractivity contribution in [3.63, 3.8) is 0 Å². The average molecular weight is 324 g/mol. The molecule has 0 amide bonds. The Hall–Kier alpha value is -1.02. The zero-order chi connectivity index (χ0) is 16.4. The summed E-state index contributed by atoms with van der Waals surface area (Å²) in [6.07, 6.45) is -3.56. The third-order valence-corrected chi connectivity index (χ3v) is 4.14. The van der Waals surface area contributed by atoms with Gasteiger partial charge >= 0.3 is 0 Å². The smallest absolute Gasteiger partial charge is 0.164 e. The molecule has 0 saturated carbocycles. The summed E-state index contributed by atoms with van der Waals surface area (Å²) in [7, 11) is 0. The molecule has 1 aromatic carbocycles. The molecular weight excluding hydrogens is 300 g/mol. The molecule has 2 aliphatic rings. The lowest BCUT2D eigenvalue weighted by atomic mass is 10.0. The molecule has 1 aromatic rings. The summed E-state index contributed by atoms with van der Waals surface area (Å²) in [6, 6.07) is 9.85. The molecule has 128 valence electrons. The van der Waals surface area contributed by atoms with Crippen molar-refractivity contribution in [2.45, 2.75) is 56.8 Å². The van der Waals surface area contributed by atoms with Crippen LogP contribution in [0.3, 0.4) is 0 Å². The summed E-state index contributed by atoms with van der Waals surface area (Å²) >= 11 is 0. The van der Waals surface area contributed by atoms with Crippen LogP contribution < -0.4 is 0 Å². The zero-order valence-corrected chi connectivity index (χ0v) is 13.4. The van der Waals surface area contributed by atoms with Gasteiger partial charge in [-0.2, -0.15) is 0 Å². The van der Waals surface area contributed by atoms with Crippen molar-refractivity contribution in [2.24, 2.45) is 0 Å². The van der Waals surface area contributed by atoms with Gasteiger partial charge in [0.05, 0.1) is 19.8 Å². The molecule has 2 fully saturated rings. The van der Waals surface area contributed by atoms with E-state index in [2.05, 4.69) is 0 Å². The van der Waals surface area contributed by atoms with Crippen molar-refractivity contribution >= 4 is 0 Å². The molecule has 0 radical (unpaired) electrons. The second-order valence-electron chi connectivity index (χ2n) is 6.50. The van der Waals surface area contributed by atoms with Crippen LogP contribution in [-0.2, 0) is 25.6 Å². The van der Waals surface area contributed by atoms with Gasteiger partial charge in [0.1, 0.15) is 30.5 Å². The molecular formula is C17H24O6. The summed E-state index contributed by atoms with van der Waals surface area (Å²) in [5.41, 5.74) is 1.07. The Morgan fingerprint density at radius 2 is 1.83 bits per heavy atom. The molecule has 23 heavy (non-hydrogen) atoms. The van der Waals surface area contributed by atoms with E-state index in [1.807, 2.05) is 30.3 Å². The van der Waals surface area contributed by atoms with Gasteiger partial charge in [0.2, 0.25) is 0 Å². The summed E-state index contributed by atoms with van der Waals surface area (Å²) in [5, 5.41) is 20.2. The fourth-order valence-corrected chi connectivity index (χ4v) is 3.01. The third-order valence-electron chi connectivity index (χ3n) is 4.14. The number of hydrogen-bond donors (Lipinski definition) is 2. The number of ether oxygens (including phenoxy) is 4. The summed E-state index contributed by atoms with van der Waals surface area (Å²) < 4.78 is 23.0. The number of aliphatic hydroxyl groups is 2. The maximum atomic E-state index is 10.2. The van der Waals surface area contributed by atoms with Crippen LogP contribution >= 0.6 is 0 Å². The molecule has 6 heteroatoms. The van der Waals surface area contributed by atoms with Crippen molar-refractivity contribution in [3.8, 4) is 0 Å². The second kappa shape index (κ2) is 6.84. The first-order valence-electron chi connectivity index (χ1n) is 7.91. The Kier molecular flexibility index (Phi) is 5.01. The normalized spacial score (nSPS) is 36.4. The highest BCUT2D eigenvalue weighted by Gasteiger charge is 2.52. The molecule has 2 heterocycles. The van der Waals surface area contributed by atoms with Crippen LogP contribution in [0.1, 0.15) is 19.4 Å². The highest BCUT2D eigenvalue weighted by molar-refractivity contribution is 5.13.